The number of carbonyl (C=O) groups is 5. The summed E-state index contributed by atoms with van der Waals surface area (Å²) in [5, 5.41) is 61.3. The number of nitrogens with one attached hydrogen (secondary N) is 1. The predicted molar refractivity (Wildman–Crippen MR) is 182 cm³/mol. The minimum atomic E-state index is -3.25. The zero-order valence-electron chi connectivity index (χ0n) is 30.1. The zero-order chi connectivity index (χ0) is 39.2. The first-order valence-corrected chi connectivity index (χ1v) is 16.9. The second-order valence-electron chi connectivity index (χ2n) is 14.3. The molecule has 6 rings (SSSR count). The maximum Gasteiger partial charge on any atom is 0.252 e. The van der Waals surface area contributed by atoms with Crippen molar-refractivity contribution in [3.8, 4) is 11.5 Å². The van der Waals surface area contributed by atoms with Crippen molar-refractivity contribution in [2.45, 2.75) is 88.5 Å². The number of allylic oxidation sites excluding steroid dienone is 2. The van der Waals surface area contributed by atoms with Crippen LogP contribution in [0.3, 0.4) is 0 Å². The molecule has 1 fully saturated rings. The number of amides is 1. The van der Waals surface area contributed by atoms with Crippen molar-refractivity contribution < 1.29 is 68.5 Å². The van der Waals surface area contributed by atoms with Crippen molar-refractivity contribution in [2.75, 3.05) is 21.3 Å². The number of fused-ring (bicyclic) bond motifs is 5. The van der Waals surface area contributed by atoms with Crippen molar-refractivity contribution in [2.24, 2.45) is 11.7 Å². The highest BCUT2D eigenvalue weighted by Crippen LogP contribution is 2.57. The van der Waals surface area contributed by atoms with Gasteiger partial charge in [0, 0.05) is 50.5 Å². The van der Waals surface area contributed by atoms with Crippen molar-refractivity contribution in [3.63, 3.8) is 0 Å². The van der Waals surface area contributed by atoms with Crippen molar-refractivity contribution in [3.05, 3.63) is 67.9 Å². The second kappa shape index (κ2) is 13.1. The number of nitrogens with two attached hydrogens (primary N) is 1. The van der Waals surface area contributed by atoms with E-state index in [1.54, 1.807) is 6.92 Å². The molecule has 0 unspecified atom stereocenters. The number of carbonyl (C=O) groups excluding carboxylic acids is 5. The molecule has 16 nitrogen and oxygen atoms in total. The summed E-state index contributed by atoms with van der Waals surface area (Å²) in [4.78, 5) is 69.9. The fraction of sp³-hybridized carbons (Fsp3) is 0.486. The summed E-state index contributed by atoms with van der Waals surface area (Å²) >= 11 is 0. The molecule has 8 atom stereocenters. The smallest absolute Gasteiger partial charge is 0.252 e. The van der Waals surface area contributed by atoms with Crippen LogP contribution in [0.5, 0.6) is 11.5 Å². The van der Waals surface area contributed by atoms with E-state index >= 15 is 0 Å². The molecule has 0 radical (unpaired) electrons. The third-order valence-corrected chi connectivity index (χ3v) is 11.0. The van der Waals surface area contributed by atoms with Gasteiger partial charge in [-0.3, -0.25) is 24.0 Å². The molecule has 1 heterocycles. The lowest BCUT2D eigenvalue weighted by molar-refractivity contribution is -0.236. The molecule has 2 aromatic carbocycles. The summed E-state index contributed by atoms with van der Waals surface area (Å²) in [6.45, 7) is 6.85. The van der Waals surface area contributed by atoms with Gasteiger partial charge in [-0.15, -0.1) is 0 Å². The Morgan fingerprint density at radius 1 is 1.02 bits per heavy atom. The quantitative estimate of drug-likeness (QED) is 0.192. The average Bonchev–Trinajstić information content (AvgIpc) is 3.07. The van der Waals surface area contributed by atoms with Gasteiger partial charge in [-0.25, -0.2) is 0 Å². The Kier molecular flexibility index (Phi) is 9.43. The maximum absolute atomic E-state index is 14.8. The minimum absolute atomic E-state index is 0.0673. The van der Waals surface area contributed by atoms with Crippen LogP contribution >= 0.6 is 0 Å². The minimum Gasteiger partial charge on any atom is -0.507 e. The highest BCUT2D eigenvalue weighted by Gasteiger charge is 2.73. The highest BCUT2D eigenvalue weighted by atomic mass is 16.6. The van der Waals surface area contributed by atoms with E-state index in [-0.39, 0.29) is 29.2 Å². The molecule has 0 spiro atoms. The van der Waals surface area contributed by atoms with Crippen molar-refractivity contribution >= 4 is 29.0 Å². The van der Waals surface area contributed by atoms with E-state index < -0.39 is 128 Å². The van der Waals surface area contributed by atoms with Crippen molar-refractivity contribution in [1.29, 1.82) is 0 Å². The fourth-order valence-corrected chi connectivity index (χ4v) is 8.61. The number of aliphatic hydroxyl groups is 3. The van der Waals surface area contributed by atoms with Crippen LogP contribution in [0.15, 0.2) is 17.8 Å². The van der Waals surface area contributed by atoms with Crippen LogP contribution in [0.4, 0.5) is 0 Å². The number of primary amides is 1. The Morgan fingerprint density at radius 2 is 1.66 bits per heavy atom. The monoisotopic (exact) mass is 738 g/mol. The number of aliphatic hydroxyl groups excluding tert-OH is 2. The molecule has 1 aliphatic heterocycles. The number of ketones is 4. The average molecular weight is 739 g/mol. The summed E-state index contributed by atoms with van der Waals surface area (Å²) in [6.07, 6.45) is -6.31. The number of phenols is 2. The SMILES string of the molecule is CO[C@@H]1[C@@H](O)[C@@H](OC)[C@@H](NC2=CC(=O)c3c(cc4c(c3O)C(=O)[C@]3(OC)[C@H](O)Cc5c(CC(C)C)c(C)c(C(N)=O)c(O)c5[C@]3(O)C4=O)C2=O)O[C@H]1C. The summed E-state index contributed by atoms with van der Waals surface area (Å²) in [5.41, 5.74) is -3.87. The van der Waals surface area contributed by atoms with E-state index in [1.165, 1.54) is 21.1 Å². The molecule has 0 saturated carbocycles. The molecule has 8 N–H and O–H groups in total. The molecule has 3 aliphatic carbocycles. The van der Waals surface area contributed by atoms with Crippen LogP contribution in [0, 0.1) is 12.8 Å². The Labute approximate surface area is 303 Å². The number of aromatic hydroxyl groups is 2. The lowest BCUT2D eigenvalue weighted by atomic mass is 9.56. The number of hydrogen-bond acceptors (Lipinski definition) is 15. The van der Waals surface area contributed by atoms with E-state index in [9.17, 15) is 49.5 Å². The molecule has 0 bridgehead atoms. The number of Topliss-reactive ketones (excluding diaryl/α,β-unsaturated/α-hetero) is 3. The molecule has 1 amide bonds. The van der Waals surface area contributed by atoms with Gasteiger partial charge in [-0.05, 0) is 48.9 Å². The van der Waals surface area contributed by atoms with E-state index in [0.717, 1.165) is 19.3 Å². The van der Waals surface area contributed by atoms with E-state index in [4.69, 9.17) is 24.7 Å². The van der Waals surface area contributed by atoms with Crippen LogP contribution in [-0.2, 0) is 37.4 Å². The van der Waals surface area contributed by atoms with Crippen LogP contribution in [0.2, 0.25) is 0 Å². The number of benzene rings is 2. The van der Waals surface area contributed by atoms with Crippen LogP contribution in [-0.4, -0.2) is 118 Å². The zero-order valence-corrected chi connectivity index (χ0v) is 30.1. The molecule has 53 heavy (non-hydrogen) atoms. The second-order valence-corrected chi connectivity index (χ2v) is 14.3. The van der Waals surface area contributed by atoms with Gasteiger partial charge in [0.25, 0.3) is 5.91 Å². The fourth-order valence-electron chi connectivity index (χ4n) is 8.61. The van der Waals surface area contributed by atoms with E-state index in [0.29, 0.717) is 5.56 Å². The first kappa shape index (κ1) is 38.2. The molecule has 2 aromatic rings. The van der Waals surface area contributed by atoms with Crippen LogP contribution in [0.25, 0.3) is 0 Å². The molecule has 1 saturated heterocycles. The van der Waals surface area contributed by atoms with Gasteiger partial charge in [0.15, 0.2) is 23.2 Å². The normalized spacial score (nSPS) is 30.7. The molecule has 284 valence electrons. The summed E-state index contributed by atoms with van der Waals surface area (Å²) in [7, 11) is 3.60. The Bertz CT molecular complexity index is 2020. The number of phenolic OH excluding ortho intramolecular Hbond substituents is 1. The standard InChI is InChI=1S/C37H42N2O14/c1-12(2)8-15-13(3)22(34(38)48)28(44)25-16(15)10-21(41)37(52-7)33(47)24-18(32(46)36(25,37)49)9-17-23(27(24)43)20(40)11-19(26(17)42)39-35-31(51-6)29(45)30(50-5)14(4)53-35/h9,11-12,14,21,29-31,35,39,41,43-45,49H,8,10H2,1-7H3,(H2,38,48)/t14-,21+,29+,30-,31+,35-,36-,37+/m0/s1. The van der Waals surface area contributed by atoms with Gasteiger partial charge in [-0.1, -0.05) is 13.8 Å². The van der Waals surface area contributed by atoms with E-state index in [2.05, 4.69) is 5.32 Å². The molecule has 16 heteroatoms. The summed E-state index contributed by atoms with van der Waals surface area (Å²) in [5.74, 6) is -7.78. The number of hydrogen-bond donors (Lipinski definition) is 7. The number of rotatable bonds is 8. The largest absolute Gasteiger partial charge is 0.507 e. The van der Waals surface area contributed by atoms with Gasteiger partial charge in [0.2, 0.25) is 17.3 Å². The molecular weight excluding hydrogens is 696 g/mol. The van der Waals surface area contributed by atoms with Crippen LogP contribution < -0.4 is 11.1 Å². The highest BCUT2D eigenvalue weighted by molar-refractivity contribution is 6.31. The van der Waals surface area contributed by atoms with Crippen LogP contribution in [0.1, 0.15) is 94.8 Å². The first-order valence-electron chi connectivity index (χ1n) is 16.9. The molecule has 0 aromatic heterocycles. The molecule has 4 aliphatic rings. The Hall–Kier alpha value is -4.55. The predicted octanol–water partition coefficient (Wildman–Crippen LogP) is 0.261. The summed E-state index contributed by atoms with van der Waals surface area (Å²) in [6, 6.07) is 0.862. The third kappa shape index (κ3) is 5.04. The lowest BCUT2D eigenvalue weighted by Gasteiger charge is -2.53. The first-order chi connectivity index (χ1) is 24.8. The Balaban J connectivity index is 1.55. The maximum atomic E-state index is 14.8. The van der Waals surface area contributed by atoms with E-state index in [1.807, 2.05) is 13.8 Å². The Morgan fingerprint density at radius 3 is 2.23 bits per heavy atom. The summed E-state index contributed by atoms with van der Waals surface area (Å²) < 4.78 is 22.2. The van der Waals surface area contributed by atoms with Gasteiger partial charge in [-0.2, -0.15) is 0 Å². The third-order valence-electron chi connectivity index (χ3n) is 11.0. The van der Waals surface area contributed by atoms with Gasteiger partial charge in [0.05, 0.1) is 34.6 Å². The van der Waals surface area contributed by atoms with Gasteiger partial charge in [0.1, 0.15) is 29.8 Å². The number of ether oxygens (including phenoxy) is 4. The van der Waals surface area contributed by atoms with Gasteiger partial charge < -0.3 is 55.5 Å². The lowest BCUT2D eigenvalue weighted by Crippen LogP contribution is -2.73. The topological polar surface area (TPSA) is 261 Å². The number of methoxy groups -OCH3 is 3. The van der Waals surface area contributed by atoms with Crippen molar-refractivity contribution in [1.82, 2.24) is 5.32 Å². The molecular formula is C37H42N2O14. The van der Waals surface area contributed by atoms with Gasteiger partial charge >= 0.3 is 0 Å².